The van der Waals surface area contributed by atoms with Crippen LogP contribution in [-0.4, -0.2) is 27.9 Å². The van der Waals surface area contributed by atoms with Crippen molar-refractivity contribution in [2.75, 3.05) is 5.75 Å². The lowest BCUT2D eigenvalue weighted by atomic mass is 10.4. The van der Waals surface area contributed by atoms with Gasteiger partial charge < -0.3 is 10.8 Å². The van der Waals surface area contributed by atoms with E-state index in [4.69, 9.17) is 10.8 Å². The lowest BCUT2D eigenvalue weighted by Gasteiger charge is -2.04. The number of rotatable bonds is 4. The molecule has 1 heterocycles. The summed E-state index contributed by atoms with van der Waals surface area (Å²) in [5, 5.41) is 9.29. The minimum Gasteiger partial charge on any atom is -0.480 e. The molecule has 0 aliphatic carbocycles. The summed E-state index contributed by atoms with van der Waals surface area (Å²) in [6.45, 7) is 0. The van der Waals surface area contributed by atoms with Crippen LogP contribution in [0, 0.1) is 0 Å². The van der Waals surface area contributed by atoms with Crippen LogP contribution in [0.15, 0.2) is 29.4 Å². The molecule has 1 aromatic rings. The summed E-state index contributed by atoms with van der Waals surface area (Å²) in [5.74, 6) is -0.643. The van der Waals surface area contributed by atoms with Crippen molar-refractivity contribution in [1.82, 2.24) is 4.98 Å². The van der Waals surface area contributed by atoms with E-state index in [1.807, 2.05) is 12.1 Å². The van der Waals surface area contributed by atoms with Gasteiger partial charge in [0.1, 0.15) is 6.04 Å². The van der Waals surface area contributed by atoms with Crippen molar-refractivity contribution in [3.05, 3.63) is 24.4 Å². The van der Waals surface area contributed by atoms with Gasteiger partial charge in [0.25, 0.3) is 0 Å². The molecule has 0 radical (unpaired) electrons. The van der Waals surface area contributed by atoms with Crippen LogP contribution in [0.3, 0.4) is 0 Å². The van der Waals surface area contributed by atoms with E-state index in [9.17, 15) is 4.79 Å². The largest absolute Gasteiger partial charge is 0.480 e. The molecule has 0 bridgehead atoms. The summed E-state index contributed by atoms with van der Waals surface area (Å²) in [5.41, 5.74) is 5.32. The fraction of sp³-hybridized carbons (Fsp3) is 0.250. The first-order valence-electron chi connectivity index (χ1n) is 3.72. The lowest BCUT2D eigenvalue weighted by Crippen LogP contribution is -2.32. The highest BCUT2D eigenvalue weighted by Crippen LogP contribution is 2.14. The van der Waals surface area contributed by atoms with Crippen molar-refractivity contribution < 1.29 is 9.90 Å². The van der Waals surface area contributed by atoms with Gasteiger partial charge in [-0.1, -0.05) is 6.07 Å². The Kier molecular flexibility index (Phi) is 3.72. The second-order valence-electron chi connectivity index (χ2n) is 2.42. The molecule has 0 aromatic carbocycles. The van der Waals surface area contributed by atoms with E-state index in [1.165, 1.54) is 11.8 Å². The third kappa shape index (κ3) is 3.43. The predicted octanol–water partition coefficient (Wildman–Crippen LogP) is 0.586. The maximum Gasteiger partial charge on any atom is 0.321 e. The van der Waals surface area contributed by atoms with Gasteiger partial charge >= 0.3 is 5.97 Å². The second kappa shape index (κ2) is 4.84. The number of carbonyl (C=O) groups is 1. The number of nitrogens with zero attached hydrogens (tertiary/aromatic N) is 1. The summed E-state index contributed by atoms with van der Waals surface area (Å²) in [6.07, 6.45) is 1.66. The average Bonchev–Trinajstić information content (AvgIpc) is 2.15. The molecule has 1 rings (SSSR count). The first kappa shape index (κ1) is 10.0. The van der Waals surface area contributed by atoms with Gasteiger partial charge in [-0.05, 0) is 12.1 Å². The molecular formula is C8H10N2O2S. The molecule has 0 aliphatic rings. The number of carboxylic acids is 1. The van der Waals surface area contributed by atoms with E-state index in [0.29, 0.717) is 5.75 Å². The maximum atomic E-state index is 10.4. The number of hydrogen-bond donors (Lipinski definition) is 2. The molecule has 70 valence electrons. The Morgan fingerprint density at radius 3 is 3.00 bits per heavy atom. The highest BCUT2D eigenvalue weighted by molar-refractivity contribution is 7.99. The van der Waals surface area contributed by atoms with Gasteiger partial charge in [0.2, 0.25) is 0 Å². The van der Waals surface area contributed by atoms with Gasteiger partial charge in [-0.3, -0.25) is 4.79 Å². The zero-order valence-electron chi connectivity index (χ0n) is 6.88. The smallest absolute Gasteiger partial charge is 0.321 e. The summed E-state index contributed by atoms with van der Waals surface area (Å²) in [4.78, 5) is 14.4. The number of aliphatic carboxylic acids is 1. The van der Waals surface area contributed by atoms with Crippen LogP contribution in [0.1, 0.15) is 0 Å². The summed E-state index contributed by atoms with van der Waals surface area (Å²) in [7, 11) is 0. The van der Waals surface area contributed by atoms with Crippen LogP contribution in [0.5, 0.6) is 0 Å². The van der Waals surface area contributed by atoms with Gasteiger partial charge in [0, 0.05) is 11.9 Å². The molecule has 1 atom stereocenters. The number of carboxylic acid groups (broad SMARTS) is 1. The van der Waals surface area contributed by atoms with E-state index >= 15 is 0 Å². The van der Waals surface area contributed by atoms with Crippen LogP contribution < -0.4 is 5.73 Å². The number of thioether (sulfide) groups is 1. The SMILES string of the molecule is N[C@@H](CSc1ccccn1)C(=O)O. The third-order valence-corrected chi connectivity index (χ3v) is 2.43. The lowest BCUT2D eigenvalue weighted by molar-refractivity contribution is -0.137. The first-order valence-corrected chi connectivity index (χ1v) is 4.71. The van der Waals surface area contributed by atoms with Crippen molar-refractivity contribution in [2.45, 2.75) is 11.1 Å². The Labute approximate surface area is 80.2 Å². The molecule has 1 aromatic heterocycles. The van der Waals surface area contributed by atoms with Crippen LogP contribution in [0.4, 0.5) is 0 Å². The zero-order chi connectivity index (χ0) is 9.68. The standard InChI is InChI=1S/C8H10N2O2S/c9-6(8(11)12)5-13-7-3-1-2-4-10-7/h1-4,6H,5,9H2,(H,11,12)/t6-/m0/s1. The highest BCUT2D eigenvalue weighted by atomic mass is 32.2. The fourth-order valence-corrected chi connectivity index (χ4v) is 1.48. The normalized spacial score (nSPS) is 12.4. The van der Waals surface area contributed by atoms with Gasteiger partial charge in [-0.2, -0.15) is 0 Å². The quantitative estimate of drug-likeness (QED) is 0.692. The van der Waals surface area contributed by atoms with Gasteiger partial charge in [0.05, 0.1) is 5.03 Å². The van der Waals surface area contributed by atoms with E-state index in [2.05, 4.69) is 4.98 Å². The van der Waals surface area contributed by atoms with Crippen LogP contribution in [-0.2, 0) is 4.79 Å². The first-order chi connectivity index (χ1) is 6.20. The van der Waals surface area contributed by atoms with Crippen molar-refractivity contribution in [2.24, 2.45) is 5.73 Å². The summed E-state index contributed by atoms with van der Waals surface area (Å²) < 4.78 is 0. The zero-order valence-corrected chi connectivity index (χ0v) is 7.70. The Balaban J connectivity index is 2.39. The Hall–Kier alpha value is -1.07. The van der Waals surface area contributed by atoms with Gasteiger partial charge in [0.15, 0.2) is 0 Å². The molecule has 4 nitrogen and oxygen atoms in total. The van der Waals surface area contributed by atoms with Crippen LogP contribution >= 0.6 is 11.8 Å². The molecule has 0 saturated carbocycles. The molecule has 0 aliphatic heterocycles. The van der Waals surface area contributed by atoms with Crippen molar-refractivity contribution in [3.8, 4) is 0 Å². The summed E-state index contributed by atoms with van der Waals surface area (Å²) >= 11 is 1.34. The van der Waals surface area contributed by atoms with E-state index in [-0.39, 0.29) is 0 Å². The fourth-order valence-electron chi connectivity index (χ4n) is 0.679. The Morgan fingerprint density at radius 2 is 2.46 bits per heavy atom. The minimum atomic E-state index is -0.983. The van der Waals surface area contributed by atoms with Crippen molar-refractivity contribution in [3.63, 3.8) is 0 Å². The molecule has 0 saturated heterocycles. The molecule has 0 unspecified atom stereocenters. The molecule has 0 fully saturated rings. The second-order valence-corrected chi connectivity index (χ2v) is 3.46. The van der Waals surface area contributed by atoms with Gasteiger partial charge in [-0.25, -0.2) is 4.98 Å². The van der Waals surface area contributed by atoms with E-state index in [0.717, 1.165) is 5.03 Å². The van der Waals surface area contributed by atoms with Crippen molar-refractivity contribution >= 4 is 17.7 Å². The van der Waals surface area contributed by atoms with Gasteiger partial charge in [-0.15, -0.1) is 11.8 Å². The predicted molar refractivity (Wildman–Crippen MR) is 50.6 cm³/mol. The minimum absolute atomic E-state index is 0.340. The number of nitrogens with two attached hydrogens (primary N) is 1. The van der Waals surface area contributed by atoms with Crippen molar-refractivity contribution in [1.29, 1.82) is 0 Å². The molecular weight excluding hydrogens is 188 g/mol. The van der Waals surface area contributed by atoms with E-state index < -0.39 is 12.0 Å². The number of hydrogen-bond acceptors (Lipinski definition) is 4. The average molecular weight is 198 g/mol. The molecule has 13 heavy (non-hydrogen) atoms. The third-order valence-electron chi connectivity index (χ3n) is 1.37. The monoisotopic (exact) mass is 198 g/mol. The Bertz CT molecular complexity index is 279. The van der Waals surface area contributed by atoms with Crippen LogP contribution in [0.25, 0.3) is 0 Å². The highest BCUT2D eigenvalue weighted by Gasteiger charge is 2.11. The Morgan fingerprint density at radius 1 is 1.69 bits per heavy atom. The summed E-state index contributed by atoms with van der Waals surface area (Å²) in [6, 6.07) is 4.65. The van der Waals surface area contributed by atoms with Crippen LogP contribution in [0.2, 0.25) is 0 Å². The maximum absolute atomic E-state index is 10.4. The molecule has 5 heteroatoms. The molecule has 0 spiro atoms. The number of pyridine rings is 1. The van der Waals surface area contributed by atoms with E-state index in [1.54, 1.807) is 12.3 Å². The molecule has 3 N–H and O–H groups in total. The number of aromatic nitrogens is 1. The topological polar surface area (TPSA) is 76.2 Å². The molecule has 0 amide bonds.